The Morgan fingerprint density at radius 3 is 2.78 bits per heavy atom. The van der Waals surface area contributed by atoms with Crippen molar-refractivity contribution < 1.29 is 9.18 Å². The summed E-state index contributed by atoms with van der Waals surface area (Å²) in [5.74, 6) is -0.307. The van der Waals surface area contributed by atoms with Crippen molar-refractivity contribution in [1.82, 2.24) is 4.98 Å². The van der Waals surface area contributed by atoms with Crippen LogP contribution in [0.1, 0.15) is 28.4 Å². The van der Waals surface area contributed by atoms with E-state index >= 15 is 0 Å². The van der Waals surface area contributed by atoms with Crippen LogP contribution in [-0.2, 0) is 13.0 Å². The number of pyridine rings is 1. The van der Waals surface area contributed by atoms with Crippen LogP contribution in [0.25, 0.3) is 0 Å². The van der Waals surface area contributed by atoms with Crippen molar-refractivity contribution >= 4 is 17.3 Å². The van der Waals surface area contributed by atoms with E-state index in [2.05, 4.69) is 23.3 Å². The zero-order chi connectivity index (χ0) is 18.8. The minimum atomic E-state index is -0.256. The van der Waals surface area contributed by atoms with Crippen LogP contribution in [0.5, 0.6) is 0 Å². The summed E-state index contributed by atoms with van der Waals surface area (Å²) in [4.78, 5) is 19.2. The molecule has 1 N–H and O–H groups in total. The van der Waals surface area contributed by atoms with Gasteiger partial charge in [-0.3, -0.25) is 9.78 Å². The van der Waals surface area contributed by atoms with Crippen molar-refractivity contribution in [3.8, 4) is 0 Å². The van der Waals surface area contributed by atoms with Gasteiger partial charge in [0, 0.05) is 30.7 Å². The highest BCUT2D eigenvalue weighted by molar-refractivity contribution is 6.08. The van der Waals surface area contributed by atoms with Gasteiger partial charge in [-0.1, -0.05) is 30.3 Å². The Balaban J connectivity index is 1.52. The second-order valence-corrected chi connectivity index (χ2v) is 6.80. The molecule has 4 rings (SSSR count). The fourth-order valence-corrected chi connectivity index (χ4v) is 3.47. The predicted molar refractivity (Wildman–Crippen MR) is 104 cm³/mol. The number of anilines is 2. The molecule has 0 saturated heterocycles. The van der Waals surface area contributed by atoms with Gasteiger partial charge in [-0.2, -0.15) is 0 Å². The van der Waals surface area contributed by atoms with E-state index in [0.29, 0.717) is 12.1 Å². The van der Waals surface area contributed by atoms with E-state index in [1.54, 1.807) is 24.5 Å². The third kappa shape index (κ3) is 3.53. The highest BCUT2D eigenvalue weighted by atomic mass is 19.1. The second-order valence-electron chi connectivity index (χ2n) is 6.80. The molecule has 1 amide bonds. The molecule has 5 heteroatoms. The summed E-state index contributed by atoms with van der Waals surface area (Å²) in [6.45, 7) is 2.59. The number of halogens is 1. The number of nitrogens with one attached hydrogen (secondary N) is 1. The number of rotatable bonds is 4. The third-order valence-electron chi connectivity index (χ3n) is 4.82. The monoisotopic (exact) mass is 361 g/mol. The number of nitrogens with zero attached hydrogens (tertiary/aromatic N) is 2. The number of carbonyl (C=O) groups excluding carboxylic acids is 1. The molecule has 1 aliphatic rings. The summed E-state index contributed by atoms with van der Waals surface area (Å²) in [5.41, 5.74) is 4.42. The van der Waals surface area contributed by atoms with E-state index in [1.165, 1.54) is 17.7 Å². The maximum atomic E-state index is 13.1. The molecule has 1 atom stereocenters. The van der Waals surface area contributed by atoms with Crippen LogP contribution in [0, 0.1) is 5.82 Å². The summed E-state index contributed by atoms with van der Waals surface area (Å²) in [5, 5.41) is 3.24. The van der Waals surface area contributed by atoms with E-state index in [0.717, 1.165) is 23.4 Å². The molecular formula is C22H20FN3O. The smallest absolute Gasteiger partial charge is 0.260 e. The number of carbonyl (C=O) groups is 1. The molecule has 2 heterocycles. The zero-order valence-corrected chi connectivity index (χ0v) is 15.0. The zero-order valence-electron chi connectivity index (χ0n) is 15.0. The number of para-hydroxylation sites is 1. The normalized spacial score (nSPS) is 15.5. The van der Waals surface area contributed by atoms with Gasteiger partial charge in [0.25, 0.3) is 5.91 Å². The topological polar surface area (TPSA) is 45.2 Å². The van der Waals surface area contributed by atoms with Crippen molar-refractivity contribution in [2.24, 2.45) is 0 Å². The number of fused-ring (bicyclic) bond motifs is 1. The van der Waals surface area contributed by atoms with Gasteiger partial charge < -0.3 is 10.2 Å². The fraction of sp³-hybridized carbons (Fsp3) is 0.182. The lowest BCUT2D eigenvalue weighted by molar-refractivity contribution is 0.0981. The molecule has 0 fully saturated rings. The minimum absolute atomic E-state index is 0.0506. The Labute approximate surface area is 157 Å². The number of amides is 1. The third-order valence-corrected chi connectivity index (χ3v) is 4.82. The Hall–Kier alpha value is -3.21. The first-order valence-electron chi connectivity index (χ1n) is 8.96. The maximum Gasteiger partial charge on any atom is 0.260 e. The number of hydrogen-bond donors (Lipinski definition) is 1. The number of hydrogen-bond acceptors (Lipinski definition) is 3. The molecule has 1 unspecified atom stereocenters. The summed E-state index contributed by atoms with van der Waals surface area (Å²) in [7, 11) is 0. The number of aromatic nitrogens is 1. The molecule has 1 aromatic heterocycles. The molecule has 0 aliphatic carbocycles. The van der Waals surface area contributed by atoms with Crippen LogP contribution in [0.15, 0.2) is 67.0 Å². The molecule has 0 bridgehead atoms. The van der Waals surface area contributed by atoms with E-state index < -0.39 is 0 Å². The van der Waals surface area contributed by atoms with E-state index in [4.69, 9.17) is 0 Å². The lowest BCUT2D eigenvalue weighted by Crippen LogP contribution is -2.35. The first-order valence-corrected chi connectivity index (χ1v) is 8.96. The van der Waals surface area contributed by atoms with Crippen LogP contribution in [-0.4, -0.2) is 16.9 Å². The van der Waals surface area contributed by atoms with Crippen LogP contribution in [0.4, 0.5) is 15.8 Å². The second kappa shape index (κ2) is 7.19. The van der Waals surface area contributed by atoms with Crippen LogP contribution < -0.4 is 10.2 Å². The van der Waals surface area contributed by atoms with Gasteiger partial charge in [0.2, 0.25) is 0 Å². The standard InChI is InChI=1S/C22H20FN3O/c1-15-10-17-4-2-3-5-21(17)26(15)22(27)18-11-20(14-24-13-18)25-12-16-6-8-19(23)9-7-16/h2-9,11,13-15,25H,10,12H2,1H3. The van der Waals surface area contributed by atoms with Gasteiger partial charge in [-0.25, -0.2) is 4.39 Å². The molecular weight excluding hydrogens is 341 g/mol. The predicted octanol–water partition coefficient (Wildman–Crippen LogP) is 4.42. The molecule has 4 nitrogen and oxygen atoms in total. The Morgan fingerprint density at radius 2 is 1.96 bits per heavy atom. The number of benzene rings is 2. The first kappa shape index (κ1) is 17.2. The van der Waals surface area contributed by atoms with Crippen molar-refractivity contribution in [3.05, 3.63) is 89.5 Å². The SMILES string of the molecule is CC1Cc2ccccc2N1C(=O)c1cncc(NCc2ccc(F)cc2)c1. The Kier molecular flexibility index (Phi) is 4.59. The average molecular weight is 361 g/mol. The van der Waals surface area contributed by atoms with E-state index in [-0.39, 0.29) is 17.8 Å². The van der Waals surface area contributed by atoms with Crippen LogP contribution in [0.3, 0.4) is 0 Å². The van der Waals surface area contributed by atoms with E-state index in [1.807, 2.05) is 29.2 Å². The molecule has 1 aliphatic heterocycles. The van der Waals surface area contributed by atoms with Gasteiger partial charge in [-0.15, -0.1) is 0 Å². The van der Waals surface area contributed by atoms with E-state index in [9.17, 15) is 9.18 Å². The molecule has 0 spiro atoms. The van der Waals surface area contributed by atoms with Gasteiger partial charge >= 0.3 is 0 Å². The van der Waals surface area contributed by atoms with Crippen molar-refractivity contribution in [2.45, 2.75) is 25.9 Å². The van der Waals surface area contributed by atoms with Gasteiger partial charge in [-0.05, 0) is 48.7 Å². The average Bonchev–Trinajstić information content (AvgIpc) is 3.03. The molecule has 0 radical (unpaired) electrons. The molecule has 3 aromatic rings. The lowest BCUT2D eigenvalue weighted by atomic mass is 10.1. The largest absolute Gasteiger partial charge is 0.380 e. The Bertz CT molecular complexity index is 971. The van der Waals surface area contributed by atoms with Crippen molar-refractivity contribution in [2.75, 3.05) is 10.2 Å². The van der Waals surface area contributed by atoms with Crippen molar-refractivity contribution in [3.63, 3.8) is 0 Å². The summed E-state index contributed by atoms with van der Waals surface area (Å²) < 4.78 is 13.0. The van der Waals surface area contributed by atoms with Gasteiger partial charge in [0.1, 0.15) is 5.82 Å². The lowest BCUT2D eigenvalue weighted by Gasteiger charge is -2.23. The minimum Gasteiger partial charge on any atom is -0.380 e. The highest BCUT2D eigenvalue weighted by Crippen LogP contribution is 2.33. The van der Waals surface area contributed by atoms with Crippen LogP contribution >= 0.6 is 0 Å². The molecule has 27 heavy (non-hydrogen) atoms. The summed E-state index contributed by atoms with van der Waals surface area (Å²) in [6.07, 6.45) is 4.14. The van der Waals surface area contributed by atoms with Gasteiger partial charge in [0.15, 0.2) is 0 Å². The Morgan fingerprint density at radius 1 is 1.19 bits per heavy atom. The molecule has 0 saturated carbocycles. The molecule has 2 aromatic carbocycles. The van der Waals surface area contributed by atoms with Gasteiger partial charge in [0.05, 0.1) is 11.3 Å². The molecule has 136 valence electrons. The van der Waals surface area contributed by atoms with Crippen LogP contribution in [0.2, 0.25) is 0 Å². The summed E-state index contributed by atoms with van der Waals surface area (Å²) >= 11 is 0. The highest BCUT2D eigenvalue weighted by Gasteiger charge is 2.31. The quantitative estimate of drug-likeness (QED) is 0.748. The maximum absolute atomic E-state index is 13.1. The fourth-order valence-electron chi connectivity index (χ4n) is 3.47. The first-order chi connectivity index (χ1) is 13.1. The summed E-state index contributed by atoms with van der Waals surface area (Å²) in [6, 6.07) is 16.3. The van der Waals surface area contributed by atoms with Crippen molar-refractivity contribution in [1.29, 1.82) is 0 Å².